The van der Waals surface area contributed by atoms with Crippen molar-refractivity contribution in [3.05, 3.63) is 59.9 Å². The third kappa shape index (κ3) is 4.07. The zero-order valence-electron chi connectivity index (χ0n) is 11.1. The number of hydrogen-bond donors (Lipinski definition) is 2. The molecule has 5 nitrogen and oxygen atoms in total. The van der Waals surface area contributed by atoms with E-state index in [0.29, 0.717) is 18.8 Å². The standard InChI is InChI=1S/C15H17N3O2/c16-9-12-5-1-2-7-14(12)20-11-15(19)18-10-13-6-3-4-8-17-13/h1-8H,9-11,16H2,(H,18,19). The average molecular weight is 271 g/mol. The van der Waals surface area contributed by atoms with E-state index in [1.54, 1.807) is 12.3 Å². The molecule has 0 aliphatic carbocycles. The third-order valence-electron chi connectivity index (χ3n) is 2.74. The molecule has 0 atom stereocenters. The van der Waals surface area contributed by atoms with Crippen LogP contribution in [-0.4, -0.2) is 17.5 Å². The molecular weight excluding hydrogens is 254 g/mol. The third-order valence-corrected chi connectivity index (χ3v) is 2.74. The predicted molar refractivity (Wildman–Crippen MR) is 75.9 cm³/mol. The zero-order valence-corrected chi connectivity index (χ0v) is 11.1. The van der Waals surface area contributed by atoms with Crippen LogP contribution in [0.5, 0.6) is 5.75 Å². The first-order valence-corrected chi connectivity index (χ1v) is 6.37. The van der Waals surface area contributed by atoms with Crippen LogP contribution in [0.25, 0.3) is 0 Å². The Hall–Kier alpha value is -2.40. The molecule has 0 spiro atoms. The highest BCUT2D eigenvalue weighted by Crippen LogP contribution is 2.16. The molecule has 2 aromatic rings. The van der Waals surface area contributed by atoms with E-state index in [9.17, 15) is 4.79 Å². The molecule has 1 aromatic heterocycles. The van der Waals surface area contributed by atoms with Crippen molar-refractivity contribution in [3.8, 4) is 5.75 Å². The van der Waals surface area contributed by atoms with Crippen LogP contribution in [-0.2, 0) is 17.9 Å². The second kappa shape index (κ2) is 7.25. The average Bonchev–Trinajstić information content (AvgIpc) is 2.52. The summed E-state index contributed by atoms with van der Waals surface area (Å²) in [7, 11) is 0. The molecular formula is C15H17N3O2. The van der Waals surface area contributed by atoms with Crippen LogP contribution in [0.1, 0.15) is 11.3 Å². The fourth-order valence-electron chi connectivity index (χ4n) is 1.70. The lowest BCUT2D eigenvalue weighted by molar-refractivity contribution is -0.123. The summed E-state index contributed by atoms with van der Waals surface area (Å²) in [6.45, 7) is 0.733. The Bertz CT molecular complexity index is 558. The van der Waals surface area contributed by atoms with Gasteiger partial charge in [-0.15, -0.1) is 0 Å². The molecule has 0 radical (unpaired) electrons. The van der Waals surface area contributed by atoms with Gasteiger partial charge in [-0.2, -0.15) is 0 Å². The molecule has 0 bridgehead atoms. The van der Waals surface area contributed by atoms with Crippen LogP contribution >= 0.6 is 0 Å². The van der Waals surface area contributed by atoms with Gasteiger partial charge >= 0.3 is 0 Å². The first-order chi connectivity index (χ1) is 9.79. The summed E-state index contributed by atoms with van der Waals surface area (Å²) < 4.78 is 5.47. The van der Waals surface area contributed by atoms with Crippen LogP contribution in [0, 0.1) is 0 Å². The molecule has 0 unspecified atom stereocenters. The number of ether oxygens (including phenoxy) is 1. The van der Waals surface area contributed by atoms with Gasteiger partial charge in [0.2, 0.25) is 0 Å². The van der Waals surface area contributed by atoms with E-state index in [1.807, 2.05) is 36.4 Å². The fraction of sp³-hybridized carbons (Fsp3) is 0.200. The molecule has 0 fully saturated rings. The quantitative estimate of drug-likeness (QED) is 0.828. The summed E-state index contributed by atoms with van der Waals surface area (Å²) in [5.41, 5.74) is 7.29. The summed E-state index contributed by atoms with van der Waals surface area (Å²) in [5, 5.41) is 2.75. The minimum Gasteiger partial charge on any atom is -0.483 e. The Balaban J connectivity index is 1.80. The molecule has 0 aliphatic rings. The number of benzene rings is 1. The normalized spacial score (nSPS) is 10.1. The number of nitrogens with two attached hydrogens (primary N) is 1. The monoisotopic (exact) mass is 271 g/mol. The van der Waals surface area contributed by atoms with E-state index in [4.69, 9.17) is 10.5 Å². The van der Waals surface area contributed by atoms with Crippen molar-refractivity contribution in [2.45, 2.75) is 13.1 Å². The molecule has 0 saturated carbocycles. The number of carbonyl (C=O) groups excluding carboxylic acids is 1. The molecule has 5 heteroatoms. The van der Waals surface area contributed by atoms with E-state index < -0.39 is 0 Å². The SMILES string of the molecule is NCc1ccccc1OCC(=O)NCc1ccccn1. The van der Waals surface area contributed by atoms with E-state index >= 15 is 0 Å². The van der Waals surface area contributed by atoms with Gasteiger partial charge in [0.05, 0.1) is 12.2 Å². The van der Waals surface area contributed by atoms with Crippen LogP contribution in [0.15, 0.2) is 48.7 Å². The van der Waals surface area contributed by atoms with Crippen molar-refractivity contribution in [1.82, 2.24) is 10.3 Å². The molecule has 0 saturated heterocycles. The Morgan fingerprint density at radius 3 is 2.75 bits per heavy atom. The second-order valence-corrected chi connectivity index (χ2v) is 4.20. The Morgan fingerprint density at radius 2 is 2.00 bits per heavy atom. The molecule has 20 heavy (non-hydrogen) atoms. The molecule has 3 N–H and O–H groups in total. The van der Waals surface area contributed by atoms with Crippen molar-refractivity contribution < 1.29 is 9.53 Å². The summed E-state index contributed by atoms with van der Waals surface area (Å²) in [6.07, 6.45) is 1.69. The number of aromatic nitrogens is 1. The number of pyridine rings is 1. The highest BCUT2D eigenvalue weighted by molar-refractivity contribution is 5.77. The highest BCUT2D eigenvalue weighted by atomic mass is 16.5. The second-order valence-electron chi connectivity index (χ2n) is 4.20. The van der Waals surface area contributed by atoms with Crippen LogP contribution in [0.3, 0.4) is 0 Å². The van der Waals surface area contributed by atoms with Crippen molar-refractivity contribution in [2.24, 2.45) is 5.73 Å². The maximum atomic E-state index is 11.7. The van der Waals surface area contributed by atoms with Crippen LogP contribution < -0.4 is 15.8 Å². The fourth-order valence-corrected chi connectivity index (χ4v) is 1.70. The Morgan fingerprint density at radius 1 is 1.20 bits per heavy atom. The van der Waals surface area contributed by atoms with Crippen molar-refractivity contribution in [3.63, 3.8) is 0 Å². The summed E-state index contributed by atoms with van der Waals surface area (Å²) in [6, 6.07) is 13.0. The largest absolute Gasteiger partial charge is 0.483 e. The van der Waals surface area contributed by atoms with E-state index in [-0.39, 0.29) is 12.5 Å². The van der Waals surface area contributed by atoms with Crippen LogP contribution in [0.2, 0.25) is 0 Å². The molecule has 1 amide bonds. The zero-order chi connectivity index (χ0) is 14.2. The van der Waals surface area contributed by atoms with E-state index in [1.165, 1.54) is 0 Å². The maximum Gasteiger partial charge on any atom is 0.258 e. The maximum absolute atomic E-state index is 11.7. The van der Waals surface area contributed by atoms with Gasteiger partial charge in [-0.05, 0) is 18.2 Å². The number of hydrogen-bond acceptors (Lipinski definition) is 4. The first kappa shape index (κ1) is 14.0. The lowest BCUT2D eigenvalue weighted by atomic mass is 10.2. The summed E-state index contributed by atoms with van der Waals surface area (Å²) in [5.74, 6) is 0.450. The Kier molecular flexibility index (Phi) is 5.08. The minimum atomic E-state index is -0.192. The first-order valence-electron chi connectivity index (χ1n) is 6.37. The Labute approximate surface area is 117 Å². The molecule has 1 heterocycles. The molecule has 1 aromatic carbocycles. The van der Waals surface area contributed by atoms with Gasteiger partial charge < -0.3 is 15.8 Å². The summed E-state index contributed by atoms with van der Waals surface area (Å²) >= 11 is 0. The van der Waals surface area contributed by atoms with E-state index in [2.05, 4.69) is 10.3 Å². The van der Waals surface area contributed by atoms with Crippen LogP contribution in [0.4, 0.5) is 0 Å². The highest BCUT2D eigenvalue weighted by Gasteiger charge is 2.05. The lowest BCUT2D eigenvalue weighted by Gasteiger charge is -2.10. The van der Waals surface area contributed by atoms with Crippen molar-refractivity contribution >= 4 is 5.91 Å². The topological polar surface area (TPSA) is 77.2 Å². The molecule has 0 aliphatic heterocycles. The van der Waals surface area contributed by atoms with Gasteiger partial charge in [-0.1, -0.05) is 24.3 Å². The lowest BCUT2D eigenvalue weighted by Crippen LogP contribution is -2.28. The molecule has 2 rings (SSSR count). The van der Waals surface area contributed by atoms with Gasteiger partial charge in [0.1, 0.15) is 5.75 Å². The minimum absolute atomic E-state index is 0.0379. The van der Waals surface area contributed by atoms with Gasteiger partial charge in [0.25, 0.3) is 5.91 Å². The smallest absolute Gasteiger partial charge is 0.258 e. The number of rotatable bonds is 6. The van der Waals surface area contributed by atoms with Gasteiger partial charge in [-0.25, -0.2) is 0 Å². The number of nitrogens with one attached hydrogen (secondary N) is 1. The number of nitrogens with zero attached hydrogens (tertiary/aromatic N) is 1. The van der Waals surface area contributed by atoms with Gasteiger partial charge in [-0.3, -0.25) is 9.78 Å². The van der Waals surface area contributed by atoms with E-state index in [0.717, 1.165) is 11.3 Å². The van der Waals surface area contributed by atoms with Gasteiger partial charge in [0.15, 0.2) is 6.61 Å². The van der Waals surface area contributed by atoms with Gasteiger partial charge in [0, 0.05) is 18.3 Å². The van der Waals surface area contributed by atoms with Crippen molar-refractivity contribution in [2.75, 3.05) is 6.61 Å². The number of para-hydroxylation sites is 1. The van der Waals surface area contributed by atoms with Crippen molar-refractivity contribution in [1.29, 1.82) is 0 Å². The molecule has 104 valence electrons. The number of amides is 1. The predicted octanol–water partition coefficient (Wildman–Crippen LogP) is 1.24. The number of carbonyl (C=O) groups is 1. The summed E-state index contributed by atoms with van der Waals surface area (Å²) in [4.78, 5) is 15.8.